The van der Waals surface area contributed by atoms with Crippen molar-refractivity contribution in [3.8, 4) is 0 Å². The molecule has 2 aliphatic carbocycles. The van der Waals surface area contributed by atoms with E-state index in [1.54, 1.807) is 4.90 Å². The van der Waals surface area contributed by atoms with Gasteiger partial charge in [-0.15, -0.1) is 0 Å². The number of carbonyl (C=O) groups is 3. The van der Waals surface area contributed by atoms with Crippen molar-refractivity contribution in [3.05, 3.63) is 12.2 Å². The maximum absolute atomic E-state index is 12.7. The molecule has 3 amide bonds. The lowest BCUT2D eigenvalue weighted by Crippen LogP contribution is -2.48. The Morgan fingerprint density at radius 2 is 1.62 bits per heavy atom. The van der Waals surface area contributed by atoms with Gasteiger partial charge in [-0.05, 0) is 18.3 Å². The molecule has 3 heterocycles. The Labute approximate surface area is 152 Å². The molecule has 0 N–H and O–H groups in total. The third-order valence-electron chi connectivity index (χ3n) is 6.80. The molecule has 0 radical (unpaired) electrons. The van der Waals surface area contributed by atoms with Crippen LogP contribution >= 0.6 is 0 Å². The average molecular weight is 360 g/mol. The van der Waals surface area contributed by atoms with Crippen LogP contribution in [-0.4, -0.2) is 66.2 Å². The quantitative estimate of drug-likeness (QED) is 0.543. The maximum Gasteiger partial charge on any atom is 0.233 e. The van der Waals surface area contributed by atoms with Crippen LogP contribution in [0.3, 0.4) is 0 Å². The largest absolute Gasteiger partial charge is 0.347 e. The molecular formula is C19H24N2O5. The average Bonchev–Trinajstić information content (AvgIpc) is 3.40. The highest BCUT2D eigenvalue weighted by Crippen LogP contribution is 2.52. The van der Waals surface area contributed by atoms with Crippen molar-refractivity contribution >= 4 is 17.7 Å². The summed E-state index contributed by atoms with van der Waals surface area (Å²) in [6.07, 6.45) is 6.66. The van der Waals surface area contributed by atoms with E-state index in [4.69, 9.17) is 9.47 Å². The highest BCUT2D eigenvalue weighted by atomic mass is 16.7. The monoisotopic (exact) mass is 360 g/mol. The van der Waals surface area contributed by atoms with Crippen LogP contribution in [0.2, 0.25) is 0 Å². The van der Waals surface area contributed by atoms with Crippen LogP contribution in [0.4, 0.5) is 0 Å². The smallest absolute Gasteiger partial charge is 0.233 e. The number of amides is 3. The van der Waals surface area contributed by atoms with E-state index in [2.05, 4.69) is 12.2 Å². The van der Waals surface area contributed by atoms with Crippen molar-refractivity contribution in [2.45, 2.75) is 31.5 Å². The molecule has 7 heteroatoms. The summed E-state index contributed by atoms with van der Waals surface area (Å²) >= 11 is 0. The minimum atomic E-state index is -0.499. The van der Waals surface area contributed by atoms with Gasteiger partial charge in [0.1, 0.15) is 0 Å². The normalized spacial score (nSPS) is 37.2. The van der Waals surface area contributed by atoms with Crippen LogP contribution in [0, 0.1) is 23.7 Å². The predicted molar refractivity (Wildman–Crippen MR) is 89.5 cm³/mol. The Kier molecular flexibility index (Phi) is 3.72. The SMILES string of the molecule is O=C(CCN1C(=O)[C@H]2[C@H](C1=O)[C@H]1C=C[C@H]2C1)N1CCC2(CC1)OCCO2. The number of nitrogens with zero attached hydrogens (tertiary/aromatic N) is 2. The molecule has 3 aliphatic heterocycles. The van der Waals surface area contributed by atoms with Gasteiger partial charge in [-0.25, -0.2) is 0 Å². The second-order valence-electron chi connectivity index (χ2n) is 8.07. The second kappa shape index (κ2) is 5.89. The number of rotatable bonds is 3. The summed E-state index contributed by atoms with van der Waals surface area (Å²) in [6.45, 7) is 2.64. The van der Waals surface area contributed by atoms with Gasteiger partial charge in [-0.3, -0.25) is 19.3 Å². The van der Waals surface area contributed by atoms with E-state index in [0.717, 1.165) is 6.42 Å². The van der Waals surface area contributed by atoms with Crippen molar-refractivity contribution < 1.29 is 23.9 Å². The van der Waals surface area contributed by atoms with Gasteiger partial charge in [-0.2, -0.15) is 0 Å². The summed E-state index contributed by atoms with van der Waals surface area (Å²) < 4.78 is 11.4. The predicted octanol–water partition coefficient (Wildman–Crippen LogP) is 0.549. The first-order valence-corrected chi connectivity index (χ1v) is 9.67. The second-order valence-corrected chi connectivity index (χ2v) is 8.07. The molecule has 0 unspecified atom stereocenters. The number of carbonyl (C=O) groups excluding carboxylic acids is 3. The number of allylic oxidation sites excluding steroid dienone is 2. The summed E-state index contributed by atoms with van der Waals surface area (Å²) in [5, 5.41) is 0. The Bertz CT molecular complexity index is 643. The summed E-state index contributed by atoms with van der Waals surface area (Å²) in [5.41, 5.74) is 0. The third-order valence-corrected chi connectivity index (χ3v) is 6.80. The van der Waals surface area contributed by atoms with Gasteiger partial charge in [0.15, 0.2) is 5.79 Å². The maximum atomic E-state index is 12.7. The van der Waals surface area contributed by atoms with E-state index >= 15 is 0 Å². The molecule has 1 spiro atoms. The number of fused-ring (bicyclic) bond motifs is 5. The molecule has 7 nitrogen and oxygen atoms in total. The Hall–Kier alpha value is -1.73. The molecule has 140 valence electrons. The molecule has 2 bridgehead atoms. The van der Waals surface area contributed by atoms with Gasteiger partial charge < -0.3 is 14.4 Å². The van der Waals surface area contributed by atoms with E-state index in [-0.39, 0.29) is 54.4 Å². The molecule has 0 aromatic rings. The molecule has 3 saturated heterocycles. The summed E-state index contributed by atoms with van der Waals surface area (Å²) in [6, 6.07) is 0. The van der Waals surface area contributed by atoms with Crippen LogP contribution in [-0.2, 0) is 23.9 Å². The van der Waals surface area contributed by atoms with E-state index in [9.17, 15) is 14.4 Å². The zero-order chi connectivity index (χ0) is 17.9. The van der Waals surface area contributed by atoms with Crippen LogP contribution in [0.1, 0.15) is 25.7 Å². The standard InChI is InChI=1S/C19H24N2O5/c22-14(20-7-4-19(5-8-20)25-9-10-26-19)3-6-21-17(23)15-12-1-2-13(11-12)16(15)18(21)24/h1-2,12-13,15-16H,3-11H2/t12-,13-,15+,16+/m0/s1. The van der Waals surface area contributed by atoms with Gasteiger partial charge in [-0.1, -0.05) is 12.2 Å². The van der Waals surface area contributed by atoms with Crippen LogP contribution in [0.5, 0.6) is 0 Å². The van der Waals surface area contributed by atoms with E-state index in [0.29, 0.717) is 39.1 Å². The molecule has 1 saturated carbocycles. The molecule has 4 fully saturated rings. The van der Waals surface area contributed by atoms with Crippen LogP contribution in [0.25, 0.3) is 0 Å². The third kappa shape index (κ3) is 2.36. The van der Waals surface area contributed by atoms with Crippen LogP contribution < -0.4 is 0 Å². The van der Waals surface area contributed by atoms with Gasteiger partial charge in [0.05, 0.1) is 25.0 Å². The lowest BCUT2D eigenvalue weighted by atomic mass is 9.85. The number of imide groups is 1. The summed E-state index contributed by atoms with van der Waals surface area (Å²) in [7, 11) is 0. The first-order chi connectivity index (χ1) is 12.6. The molecule has 0 aromatic carbocycles. The van der Waals surface area contributed by atoms with Crippen molar-refractivity contribution in [1.29, 1.82) is 0 Å². The molecule has 26 heavy (non-hydrogen) atoms. The molecule has 5 rings (SSSR count). The van der Waals surface area contributed by atoms with E-state index in [1.165, 1.54) is 4.90 Å². The minimum Gasteiger partial charge on any atom is -0.347 e. The fraction of sp³-hybridized carbons (Fsp3) is 0.737. The lowest BCUT2D eigenvalue weighted by molar-refractivity contribution is -0.187. The molecule has 5 aliphatic rings. The molecule has 0 aromatic heterocycles. The van der Waals surface area contributed by atoms with Crippen molar-refractivity contribution in [2.24, 2.45) is 23.7 Å². The topological polar surface area (TPSA) is 76.2 Å². The summed E-state index contributed by atoms with van der Waals surface area (Å²) in [4.78, 5) is 41.0. The zero-order valence-corrected chi connectivity index (χ0v) is 14.8. The number of hydrogen-bond acceptors (Lipinski definition) is 5. The van der Waals surface area contributed by atoms with Gasteiger partial charge in [0, 0.05) is 38.9 Å². The first kappa shape index (κ1) is 16.4. The number of likely N-dealkylation sites (tertiary alicyclic amines) is 2. The summed E-state index contributed by atoms with van der Waals surface area (Å²) in [5.74, 6) is -0.583. The highest BCUT2D eigenvalue weighted by molar-refractivity contribution is 6.06. The lowest BCUT2D eigenvalue weighted by Gasteiger charge is -2.37. The van der Waals surface area contributed by atoms with Crippen molar-refractivity contribution in [2.75, 3.05) is 32.8 Å². The van der Waals surface area contributed by atoms with Crippen molar-refractivity contribution in [1.82, 2.24) is 9.80 Å². The number of piperidine rings is 1. The Morgan fingerprint density at radius 1 is 1.04 bits per heavy atom. The Morgan fingerprint density at radius 3 is 2.19 bits per heavy atom. The first-order valence-electron chi connectivity index (χ1n) is 9.67. The number of hydrogen-bond donors (Lipinski definition) is 0. The fourth-order valence-electron chi connectivity index (χ4n) is 5.43. The van der Waals surface area contributed by atoms with Crippen LogP contribution in [0.15, 0.2) is 12.2 Å². The zero-order valence-electron chi connectivity index (χ0n) is 14.8. The fourth-order valence-corrected chi connectivity index (χ4v) is 5.43. The number of ether oxygens (including phenoxy) is 2. The van der Waals surface area contributed by atoms with Gasteiger partial charge in [0.25, 0.3) is 0 Å². The van der Waals surface area contributed by atoms with E-state index < -0.39 is 5.79 Å². The van der Waals surface area contributed by atoms with Gasteiger partial charge in [0.2, 0.25) is 17.7 Å². The van der Waals surface area contributed by atoms with Crippen molar-refractivity contribution in [3.63, 3.8) is 0 Å². The van der Waals surface area contributed by atoms with E-state index in [1.807, 2.05) is 0 Å². The Balaban J connectivity index is 1.16. The molecular weight excluding hydrogens is 336 g/mol. The van der Waals surface area contributed by atoms with Gasteiger partial charge >= 0.3 is 0 Å². The highest BCUT2D eigenvalue weighted by Gasteiger charge is 2.59. The minimum absolute atomic E-state index is 0.00315. The molecule has 4 atom stereocenters.